The zero-order valence-electron chi connectivity index (χ0n) is 17.2. The van der Waals surface area contributed by atoms with Crippen LogP contribution in [0.2, 0.25) is 5.02 Å². The van der Waals surface area contributed by atoms with Crippen molar-refractivity contribution in [1.82, 2.24) is 0 Å². The molecule has 0 radical (unpaired) electrons. The molecule has 1 heterocycles. The second-order valence-electron chi connectivity index (χ2n) is 6.91. The van der Waals surface area contributed by atoms with Crippen molar-refractivity contribution in [2.75, 3.05) is 12.0 Å². The van der Waals surface area contributed by atoms with Gasteiger partial charge in [-0.05, 0) is 75.7 Å². The molecule has 0 spiro atoms. The molecule has 1 fully saturated rings. The van der Waals surface area contributed by atoms with Crippen LogP contribution in [0.1, 0.15) is 11.1 Å². The fraction of sp³-hybridized carbons (Fsp3) is 0.0833. The minimum Gasteiger partial charge on any atom is -0.493 e. The van der Waals surface area contributed by atoms with E-state index in [-0.39, 0.29) is 17.3 Å². The maximum atomic E-state index is 13.9. The number of thioether (sulfide) groups is 1. The molecule has 0 atom stereocenters. The summed E-state index contributed by atoms with van der Waals surface area (Å²) in [6.45, 7) is 0.0134. The highest BCUT2D eigenvalue weighted by Gasteiger charge is 2.36. The van der Waals surface area contributed by atoms with E-state index >= 15 is 0 Å². The van der Waals surface area contributed by atoms with Gasteiger partial charge in [0.1, 0.15) is 12.4 Å². The van der Waals surface area contributed by atoms with Gasteiger partial charge >= 0.3 is 0 Å². The Morgan fingerprint density at radius 2 is 1.91 bits per heavy atom. The van der Waals surface area contributed by atoms with Crippen LogP contribution in [0, 0.1) is 5.82 Å². The Hall–Kier alpha value is -2.81. The molecule has 1 saturated heterocycles. The molecule has 0 saturated carbocycles. The maximum absolute atomic E-state index is 13.9. The number of anilines is 1. The Morgan fingerprint density at radius 3 is 2.64 bits per heavy atom. The fourth-order valence-corrected chi connectivity index (χ4v) is 4.79. The smallest absolute Gasteiger partial charge is 0.298 e. The molecule has 4 rings (SSSR count). The van der Waals surface area contributed by atoms with Crippen molar-refractivity contribution in [3.8, 4) is 11.5 Å². The highest BCUT2D eigenvalue weighted by molar-refractivity contribution is 9.10. The van der Waals surface area contributed by atoms with Crippen LogP contribution in [-0.2, 0) is 11.4 Å². The summed E-state index contributed by atoms with van der Waals surface area (Å²) in [6.07, 6.45) is 1.60. The molecule has 1 aliphatic rings. The van der Waals surface area contributed by atoms with Crippen LogP contribution in [0.15, 0.2) is 70.0 Å². The average Bonchev–Trinajstić information content (AvgIpc) is 3.06. The largest absolute Gasteiger partial charge is 0.493 e. The van der Waals surface area contributed by atoms with Crippen molar-refractivity contribution in [3.05, 3.63) is 92.0 Å². The number of halogens is 3. The van der Waals surface area contributed by atoms with Crippen LogP contribution in [0.25, 0.3) is 6.08 Å². The van der Waals surface area contributed by atoms with Crippen LogP contribution >= 0.6 is 39.3 Å². The van der Waals surface area contributed by atoms with Gasteiger partial charge in [0.15, 0.2) is 11.5 Å². The first-order chi connectivity index (χ1) is 15.9. The monoisotopic (exact) mass is 547 g/mol. The Kier molecular flexibility index (Phi) is 7.07. The third-order valence-electron chi connectivity index (χ3n) is 4.74. The van der Waals surface area contributed by atoms with Gasteiger partial charge in [0.25, 0.3) is 11.1 Å². The lowest BCUT2D eigenvalue weighted by atomic mass is 10.1. The van der Waals surface area contributed by atoms with Crippen molar-refractivity contribution in [3.63, 3.8) is 0 Å². The number of nitrogens with zero attached hydrogens (tertiary/aromatic N) is 1. The van der Waals surface area contributed by atoms with Gasteiger partial charge in [-0.2, -0.15) is 0 Å². The van der Waals surface area contributed by atoms with E-state index in [9.17, 15) is 14.0 Å². The minimum atomic E-state index is -0.442. The molecule has 9 heteroatoms. The summed E-state index contributed by atoms with van der Waals surface area (Å²) in [5.74, 6) is -0.0205. The topological polar surface area (TPSA) is 55.8 Å². The molecular weight excluding hydrogens is 533 g/mol. The molecule has 5 nitrogen and oxygen atoms in total. The molecule has 0 bridgehead atoms. The Labute approximate surface area is 207 Å². The lowest BCUT2D eigenvalue weighted by Crippen LogP contribution is -2.27. The number of carbonyl (C=O) groups excluding carboxylic acids is 2. The van der Waals surface area contributed by atoms with Crippen molar-refractivity contribution in [1.29, 1.82) is 0 Å². The number of methoxy groups -OCH3 is 1. The van der Waals surface area contributed by atoms with Crippen LogP contribution in [0.3, 0.4) is 0 Å². The third kappa shape index (κ3) is 5.08. The van der Waals surface area contributed by atoms with Crippen molar-refractivity contribution in [2.24, 2.45) is 0 Å². The third-order valence-corrected chi connectivity index (χ3v) is 6.43. The standard InChI is InChI=1S/C24H16BrClFNO4S/c1-31-20-10-14(9-18(25)22(20)32-13-15-5-2-3-8-19(15)27)11-21-23(29)28(24(30)33-21)17-7-4-6-16(26)12-17/h2-12H,13H2,1H3/b21-11+. The normalized spacial score (nSPS) is 14.8. The highest BCUT2D eigenvalue weighted by atomic mass is 79.9. The maximum Gasteiger partial charge on any atom is 0.298 e. The number of hydrogen-bond acceptors (Lipinski definition) is 5. The van der Waals surface area contributed by atoms with Gasteiger partial charge in [0.05, 0.1) is 22.2 Å². The van der Waals surface area contributed by atoms with Gasteiger partial charge in [-0.1, -0.05) is 35.9 Å². The van der Waals surface area contributed by atoms with E-state index in [0.717, 1.165) is 16.7 Å². The molecule has 0 aromatic heterocycles. The summed E-state index contributed by atoms with van der Waals surface area (Å²) >= 11 is 10.3. The van der Waals surface area contributed by atoms with E-state index in [1.165, 1.54) is 13.2 Å². The molecule has 0 unspecified atom stereocenters. The Bertz CT molecular complexity index is 1280. The van der Waals surface area contributed by atoms with Crippen LogP contribution in [-0.4, -0.2) is 18.3 Å². The van der Waals surface area contributed by atoms with Gasteiger partial charge in [-0.25, -0.2) is 9.29 Å². The van der Waals surface area contributed by atoms with Gasteiger partial charge in [0, 0.05) is 10.6 Å². The number of imide groups is 1. The first-order valence-corrected chi connectivity index (χ1v) is 11.6. The SMILES string of the molecule is COc1cc(/C=C2/SC(=O)N(c3cccc(Cl)c3)C2=O)cc(Br)c1OCc1ccccc1F. The number of rotatable bonds is 6. The predicted octanol–water partition coefficient (Wildman–Crippen LogP) is 7.07. The van der Waals surface area contributed by atoms with Crippen molar-refractivity contribution >= 4 is 62.2 Å². The summed E-state index contributed by atoms with van der Waals surface area (Å²) in [7, 11) is 1.48. The minimum absolute atomic E-state index is 0.0134. The average molecular weight is 549 g/mol. The molecule has 1 aliphatic heterocycles. The predicted molar refractivity (Wildman–Crippen MR) is 131 cm³/mol. The Morgan fingerprint density at radius 1 is 1.12 bits per heavy atom. The summed E-state index contributed by atoms with van der Waals surface area (Å²) in [5.41, 5.74) is 1.43. The van der Waals surface area contributed by atoms with Crippen LogP contribution < -0.4 is 14.4 Å². The van der Waals surface area contributed by atoms with Gasteiger partial charge in [0.2, 0.25) is 0 Å². The molecule has 0 N–H and O–H groups in total. The quantitative estimate of drug-likeness (QED) is 0.308. The van der Waals surface area contributed by atoms with Gasteiger partial charge < -0.3 is 9.47 Å². The highest BCUT2D eigenvalue weighted by Crippen LogP contribution is 2.40. The number of carbonyl (C=O) groups is 2. The van der Waals surface area contributed by atoms with Crippen LogP contribution in [0.4, 0.5) is 14.9 Å². The van der Waals surface area contributed by atoms with E-state index in [0.29, 0.717) is 37.8 Å². The van der Waals surface area contributed by atoms with Crippen molar-refractivity contribution < 1.29 is 23.5 Å². The molecule has 3 aromatic carbocycles. The zero-order valence-corrected chi connectivity index (χ0v) is 20.3. The van der Waals surface area contributed by atoms with Gasteiger partial charge in [-0.15, -0.1) is 0 Å². The number of amides is 2. The lowest BCUT2D eigenvalue weighted by Gasteiger charge is -2.14. The summed E-state index contributed by atoms with van der Waals surface area (Å²) in [4.78, 5) is 26.7. The van der Waals surface area contributed by atoms with Crippen molar-refractivity contribution in [2.45, 2.75) is 6.61 Å². The van der Waals surface area contributed by atoms with E-state index in [1.54, 1.807) is 60.7 Å². The first kappa shape index (κ1) is 23.4. The summed E-state index contributed by atoms with van der Waals surface area (Å²) in [6, 6.07) is 16.3. The number of hydrogen-bond donors (Lipinski definition) is 0. The van der Waals surface area contributed by atoms with E-state index in [4.69, 9.17) is 21.1 Å². The van der Waals surface area contributed by atoms with E-state index in [1.807, 2.05) is 0 Å². The van der Waals surface area contributed by atoms with E-state index in [2.05, 4.69) is 15.9 Å². The number of ether oxygens (including phenoxy) is 2. The lowest BCUT2D eigenvalue weighted by molar-refractivity contribution is -0.113. The Balaban J connectivity index is 1.59. The summed E-state index contributed by atoms with van der Waals surface area (Å²) < 4.78 is 25.7. The molecule has 0 aliphatic carbocycles. The first-order valence-electron chi connectivity index (χ1n) is 9.64. The van der Waals surface area contributed by atoms with Gasteiger partial charge in [-0.3, -0.25) is 9.59 Å². The summed E-state index contributed by atoms with van der Waals surface area (Å²) in [5, 5.41) is 0.0135. The van der Waals surface area contributed by atoms with Crippen LogP contribution in [0.5, 0.6) is 11.5 Å². The second kappa shape index (κ2) is 9.99. The second-order valence-corrected chi connectivity index (χ2v) is 9.20. The zero-order chi connectivity index (χ0) is 23.5. The number of benzene rings is 3. The molecule has 3 aromatic rings. The fourth-order valence-electron chi connectivity index (χ4n) is 3.19. The molecule has 2 amide bonds. The molecule has 33 heavy (non-hydrogen) atoms. The molecular formula is C24H16BrClFNO4S. The molecule has 168 valence electrons. The van der Waals surface area contributed by atoms with E-state index < -0.39 is 11.1 Å².